The molecular formula is C7H14N2O2. The van der Waals surface area contributed by atoms with Crippen LogP contribution < -0.4 is 5.84 Å². The Bertz CT molecular complexity index is 155. The van der Waals surface area contributed by atoms with Crippen molar-refractivity contribution in [1.29, 1.82) is 0 Å². The molecule has 4 heteroatoms. The van der Waals surface area contributed by atoms with Gasteiger partial charge in [-0.3, -0.25) is 4.79 Å². The van der Waals surface area contributed by atoms with Crippen molar-refractivity contribution in [3.63, 3.8) is 0 Å². The number of hydrazone groups is 1. The molecule has 0 aromatic carbocycles. The van der Waals surface area contributed by atoms with E-state index in [1.165, 1.54) is 7.11 Å². The molecule has 0 saturated carbocycles. The van der Waals surface area contributed by atoms with Crippen molar-refractivity contribution in [2.45, 2.75) is 26.2 Å². The first kappa shape index (κ1) is 9.94. The molecule has 0 unspecified atom stereocenters. The molecule has 0 spiro atoms. The van der Waals surface area contributed by atoms with Crippen LogP contribution in [0.1, 0.15) is 26.2 Å². The van der Waals surface area contributed by atoms with Crippen LogP contribution in [0, 0.1) is 0 Å². The molecule has 4 nitrogen and oxygen atoms in total. The van der Waals surface area contributed by atoms with Crippen LogP contribution in [-0.4, -0.2) is 18.8 Å². The van der Waals surface area contributed by atoms with Crippen molar-refractivity contribution in [3.05, 3.63) is 0 Å². The Kier molecular flexibility index (Phi) is 5.15. The van der Waals surface area contributed by atoms with Crippen molar-refractivity contribution in [2.24, 2.45) is 10.9 Å². The smallest absolute Gasteiger partial charge is 0.311 e. The van der Waals surface area contributed by atoms with E-state index in [1.54, 1.807) is 0 Å². The number of carbonyl (C=O) groups is 1. The van der Waals surface area contributed by atoms with Gasteiger partial charge in [0.05, 0.1) is 13.5 Å². The van der Waals surface area contributed by atoms with Gasteiger partial charge >= 0.3 is 5.97 Å². The van der Waals surface area contributed by atoms with Crippen LogP contribution in [0.2, 0.25) is 0 Å². The van der Waals surface area contributed by atoms with Crippen molar-refractivity contribution in [3.8, 4) is 0 Å². The fraction of sp³-hybridized carbons (Fsp3) is 0.714. The fourth-order valence-electron chi connectivity index (χ4n) is 0.726. The number of hydrogen-bond donors (Lipinski definition) is 1. The van der Waals surface area contributed by atoms with E-state index < -0.39 is 0 Å². The number of hydrogen-bond acceptors (Lipinski definition) is 4. The molecule has 0 rings (SSSR count). The lowest BCUT2D eigenvalue weighted by Gasteiger charge is -2.00. The number of esters is 1. The molecule has 0 heterocycles. The Morgan fingerprint density at radius 3 is 2.64 bits per heavy atom. The van der Waals surface area contributed by atoms with Gasteiger partial charge in [0.25, 0.3) is 0 Å². The van der Waals surface area contributed by atoms with E-state index in [0.717, 1.165) is 12.8 Å². The molecule has 0 atom stereocenters. The Balaban J connectivity index is 3.79. The van der Waals surface area contributed by atoms with E-state index in [9.17, 15) is 4.79 Å². The zero-order valence-electron chi connectivity index (χ0n) is 6.96. The number of nitrogens with two attached hydrogens (primary N) is 1. The summed E-state index contributed by atoms with van der Waals surface area (Å²) in [6, 6.07) is 0. The Morgan fingerprint density at radius 2 is 2.27 bits per heavy atom. The lowest BCUT2D eigenvalue weighted by Crippen LogP contribution is -2.10. The molecule has 0 aliphatic heterocycles. The maximum absolute atomic E-state index is 10.7. The minimum Gasteiger partial charge on any atom is -0.469 e. The summed E-state index contributed by atoms with van der Waals surface area (Å²) in [5, 5.41) is 3.48. The van der Waals surface area contributed by atoms with Gasteiger partial charge < -0.3 is 10.6 Å². The van der Waals surface area contributed by atoms with E-state index in [2.05, 4.69) is 9.84 Å². The molecule has 0 fully saturated rings. The molecule has 11 heavy (non-hydrogen) atoms. The standard InChI is InChI=1S/C7H14N2O2/c1-3-4-6(9-8)5-7(10)11-2/h3-5,8H2,1-2H3/b9-6-. The van der Waals surface area contributed by atoms with Crippen molar-refractivity contribution >= 4 is 11.7 Å². The van der Waals surface area contributed by atoms with Crippen LogP contribution >= 0.6 is 0 Å². The van der Waals surface area contributed by atoms with Crippen LogP contribution in [0.25, 0.3) is 0 Å². The number of nitrogens with zero attached hydrogens (tertiary/aromatic N) is 1. The first-order valence-electron chi connectivity index (χ1n) is 3.57. The number of carbonyl (C=O) groups excluding carboxylic acids is 1. The van der Waals surface area contributed by atoms with E-state index in [-0.39, 0.29) is 12.4 Å². The summed E-state index contributed by atoms with van der Waals surface area (Å²) in [4.78, 5) is 10.7. The van der Waals surface area contributed by atoms with Crippen LogP contribution in [0.4, 0.5) is 0 Å². The second-order valence-electron chi connectivity index (χ2n) is 2.20. The molecule has 64 valence electrons. The average molecular weight is 158 g/mol. The zero-order valence-corrected chi connectivity index (χ0v) is 6.96. The van der Waals surface area contributed by atoms with Gasteiger partial charge in [0, 0.05) is 5.71 Å². The summed E-state index contributed by atoms with van der Waals surface area (Å²) in [6.07, 6.45) is 1.90. The van der Waals surface area contributed by atoms with E-state index in [0.29, 0.717) is 5.71 Å². The topological polar surface area (TPSA) is 64.7 Å². The maximum atomic E-state index is 10.7. The summed E-state index contributed by atoms with van der Waals surface area (Å²) in [5.41, 5.74) is 0.694. The number of methoxy groups -OCH3 is 1. The second-order valence-corrected chi connectivity index (χ2v) is 2.20. The maximum Gasteiger partial charge on any atom is 0.311 e. The summed E-state index contributed by atoms with van der Waals surface area (Å²) < 4.78 is 4.45. The first-order valence-corrected chi connectivity index (χ1v) is 3.57. The first-order chi connectivity index (χ1) is 5.24. The van der Waals surface area contributed by atoms with E-state index >= 15 is 0 Å². The van der Waals surface area contributed by atoms with Gasteiger partial charge in [-0.05, 0) is 6.42 Å². The molecule has 2 N–H and O–H groups in total. The minimum atomic E-state index is -0.289. The van der Waals surface area contributed by atoms with Gasteiger partial charge in [-0.1, -0.05) is 13.3 Å². The Hall–Kier alpha value is -1.06. The number of ether oxygens (including phenoxy) is 1. The molecule has 0 radical (unpaired) electrons. The van der Waals surface area contributed by atoms with Gasteiger partial charge in [0.15, 0.2) is 0 Å². The van der Waals surface area contributed by atoms with Crippen LogP contribution in [0.3, 0.4) is 0 Å². The fourth-order valence-corrected chi connectivity index (χ4v) is 0.726. The monoisotopic (exact) mass is 158 g/mol. The summed E-state index contributed by atoms with van der Waals surface area (Å²) in [7, 11) is 1.35. The van der Waals surface area contributed by atoms with E-state index in [1.807, 2.05) is 6.92 Å². The third kappa shape index (κ3) is 4.36. The molecular weight excluding hydrogens is 144 g/mol. The SMILES string of the molecule is CCC/C(CC(=O)OC)=N/N. The summed E-state index contributed by atoms with van der Waals surface area (Å²) in [6.45, 7) is 2.00. The molecule has 0 aliphatic carbocycles. The van der Waals surface area contributed by atoms with E-state index in [4.69, 9.17) is 5.84 Å². The Morgan fingerprint density at radius 1 is 1.64 bits per heavy atom. The van der Waals surface area contributed by atoms with Crippen LogP contribution in [0.5, 0.6) is 0 Å². The lowest BCUT2D eigenvalue weighted by molar-refractivity contribution is -0.139. The summed E-state index contributed by atoms with van der Waals surface area (Å²) in [5.74, 6) is 4.75. The number of rotatable bonds is 4. The lowest BCUT2D eigenvalue weighted by atomic mass is 10.2. The zero-order chi connectivity index (χ0) is 8.69. The highest BCUT2D eigenvalue weighted by atomic mass is 16.5. The van der Waals surface area contributed by atoms with Crippen LogP contribution in [0.15, 0.2) is 5.10 Å². The van der Waals surface area contributed by atoms with Gasteiger partial charge in [-0.25, -0.2) is 0 Å². The van der Waals surface area contributed by atoms with Crippen molar-refractivity contribution in [1.82, 2.24) is 0 Å². The second kappa shape index (κ2) is 5.70. The van der Waals surface area contributed by atoms with Crippen molar-refractivity contribution < 1.29 is 9.53 Å². The molecule has 0 aromatic rings. The highest BCUT2D eigenvalue weighted by Crippen LogP contribution is 1.97. The molecule has 0 aromatic heterocycles. The highest BCUT2D eigenvalue weighted by molar-refractivity contribution is 5.98. The molecule has 0 saturated heterocycles. The average Bonchev–Trinajstić information content (AvgIpc) is 2.03. The molecule has 0 amide bonds. The quantitative estimate of drug-likeness (QED) is 0.283. The predicted molar refractivity (Wildman–Crippen MR) is 43.2 cm³/mol. The molecule has 0 aliphatic rings. The van der Waals surface area contributed by atoms with Gasteiger partial charge in [-0.15, -0.1) is 0 Å². The highest BCUT2D eigenvalue weighted by Gasteiger charge is 2.05. The van der Waals surface area contributed by atoms with Crippen LogP contribution in [-0.2, 0) is 9.53 Å². The summed E-state index contributed by atoms with van der Waals surface area (Å²) >= 11 is 0. The molecule has 0 bridgehead atoms. The largest absolute Gasteiger partial charge is 0.469 e. The van der Waals surface area contributed by atoms with Gasteiger partial charge in [0.2, 0.25) is 0 Å². The third-order valence-electron chi connectivity index (χ3n) is 1.30. The minimum absolute atomic E-state index is 0.209. The normalized spacial score (nSPS) is 11.3. The van der Waals surface area contributed by atoms with Gasteiger partial charge in [-0.2, -0.15) is 5.10 Å². The Labute approximate surface area is 66.4 Å². The predicted octanol–water partition coefficient (Wildman–Crippen LogP) is 0.664. The van der Waals surface area contributed by atoms with Gasteiger partial charge in [0.1, 0.15) is 0 Å². The third-order valence-corrected chi connectivity index (χ3v) is 1.30. The van der Waals surface area contributed by atoms with Crippen molar-refractivity contribution in [2.75, 3.05) is 7.11 Å².